The first kappa shape index (κ1) is 18.4. The smallest absolute Gasteiger partial charge is 0.255 e. The first-order valence-corrected chi connectivity index (χ1v) is 8.88. The molecule has 3 N–H and O–H groups in total. The van der Waals surface area contributed by atoms with Crippen molar-refractivity contribution < 1.29 is 4.79 Å². The Bertz CT molecular complexity index is 920. The minimum Gasteiger partial charge on any atom is -0.370 e. The molecule has 0 aliphatic carbocycles. The zero-order valence-corrected chi connectivity index (χ0v) is 15.7. The van der Waals surface area contributed by atoms with E-state index >= 15 is 0 Å². The summed E-state index contributed by atoms with van der Waals surface area (Å²) in [5.41, 5.74) is 3.37. The van der Waals surface area contributed by atoms with Crippen LogP contribution in [0.3, 0.4) is 0 Å². The highest BCUT2D eigenvalue weighted by Crippen LogP contribution is 2.20. The van der Waals surface area contributed by atoms with Gasteiger partial charge in [-0.05, 0) is 57.2 Å². The van der Waals surface area contributed by atoms with Crippen molar-refractivity contribution in [3.8, 4) is 0 Å². The SMILES string of the molecule is CCNc1cc(Nc2ccc(NC(=O)c3ccc(C)cc3)cc2)nc(C)n1. The van der Waals surface area contributed by atoms with E-state index < -0.39 is 0 Å². The lowest BCUT2D eigenvalue weighted by molar-refractivity contribution is 0.102. The largest absolute Gasteiger partial charge is 0.370 e. The zero-order chi connectivity index (χ0) is 19.2. The van der Waals surface area contributed by atoms with Crippen LogP contribution in [0.15, 0.2) is 54.6 Å². The molecule has 0 saturated carbocycles. The summed E-state index contributed by atoms with van der Waals surface area (Å²) in [5.74, 6) is 2.07. The lowest BCUT2D eigenvalue weighted by atomic mass is 10.1. The van der Waals surface area contributed by atoms with Crippen LogP contribution in [-0.4, -0.2) is 22.4 Å². The third-order valence-electron chi connectivity index (χ3n) is 3.92. The van der Waals surface area contributed by atoms with Gasteiger partial charge in [0.1, 0.15) is 17.5 Å². The number of carbonyl (C=O) groups is 1. The molecule has 0 spiro atoms. The van der Waals surface area contributed by atoms with Crippen molar-refractivity contribution in [2.75, 3.05) is 22.5 Å². The number of hydrogen-bond acceptors (Lipinski definition) is 5. The number of nitrogens with zero attached hydrogens (tertiary/aromatic N) is 2. The first-order valence-electron chi connectivity index (χ1n) is 8.88. The van der Waals surface area contributed by atoms with E-state index in [2.05, 4.69) is 25.9 Å². The van der Waals surface area contributed by atoms with Gasteiger partial charge in [-0.3, -0.25) is 4.79 Å². The lowest BCUT2D eigenvalue weighted by Gasteiger charge is -2.10. The first-order chi connectivity index (χ1) is 13.0. The van der Waals surface area contributed by atoms with Crippen LogP contribution < -0.4 is 16.0 Å². The molecule has 3 rings (SSSR count). The minimum atomic E-state index is -0.127. The van der Waals surface area contributed by atoms with Gasteiger partial charge in [0.2, 0.25) is 0 Å². The molecule has 1 heterocycles. The van der Waals surface area contributed by atoms with E-state index in [1.54, 1.807) is 0 Å². The fraction of sp³-hybridized carbons (Fsp3) is 0.190. The number of nitrogens with one attached hydrogen (secondary N) is 3. The molecule has 0 saturated heterocycles. The summed E-state index contributed by atoms with van der Waals surface area (Å²) < 4.78 is 0. The van der Waals surface area contributed by atoms with Crippen LogP contribution in [0.1, 0.15) is 28.7 Å². The topological polar surface area (TPSA) is 78.9 Å². The van der Waals surface area contributed by atoms with Crippen LogP contribution in [0.25, 0.3) is 0 Å². The molecule has 138 valence electrons. The predicted octanol–water partition coefficient (Wildman–Crippen LogP) is 4.52. The van der Waals surface area contributed by atoms with Gasteiger partial charge in [0, 0.05) is 29.5 Å². The normalized spacial score (nSPS) is 10.3. The second kappa shape index (κ2) is 8.31. The molecule has 1 aromatic heterocycles. The summed E-state index contributed by atoms with van der Waals surface area (Å²) in [7, 11) is 0. The molecule has 0 fully saturated rings. The summed E-state index contributed by atoms with van der Waals surface area (Å²) >= 11 is 0. The van der Waals surface area contributed by atoms with E-state index in [9.17, 15) is 4.79 Å². The molecule has 2 aromatic carbocycles. The fourth-order valence-corrected chi connectivity index (χ4v) is 2.60. The second-order valence-electron chi connectivity index (χ2n) is 6.24. The van der Waals surface area contributed by atoms with E-state index in [1.165, 1.54) is 0 Å². The van der Waals surface area contributed by atoms with Gasteiger partial charge in [0.05, 0.1) is 0 Å². The van der Waals surface area contributed by atoms with Crippen LogP contribution in [0.2, 0.25) is 0 Å². The molecule has 0 aliphatic heterocycles. The minimum absolute atomic E-state index is 0.127. The number of aryl methyl sites for hydroxylation is 2. The summed E-state index contributed by atoms with van der Waals surface area (Å²) in [6.07, 6.45) is 0. The maximum atomic E-state index is 12.3. The van der Waals surface area contributed by atoms with Gasteiger partial charge >= 0.3 is 0 Å². The Hall–Kier alpha value is -3.41. The molecule has 0 bridgehead atoms. The van der Waals surface area contributed by atoms with Crippen molar-refractivity contribution in [2.45, 2.75) is 20.8 Å². The molecular formula is C21H23N5O. The fourth-order valence-electron chi connectivity index (χ4n) is 2.60. The average molecular weight is 361 g/mol. The van der Waals surface area contributed by atoms with Crippen LogP contribution in [0, 0.1) is 13.8 Å². The van der Waals surface area contributed by atoms with Crippen LogP contribution in [0.5, 0.6) is 0 Å². The summed E-state index contributed by atoms with van der Waals surface area (Å²) in [5, 5.41) is 9.35. The van der Waals surface area contributed by atoms with Gasteiger partial charge in [0.15, 0.2) is 0 Å². The highest BCUT2D eigenvalue weighted by atomic mass is 16.1. The number of carbonyl (C=O) groups excluding carboxylic acids is 1. The monoisotopic (exact) mass is 361 g/mol. The van der Waals surface area contributed by atoms with Gasteiger partial charge in [0.25, 0.3) is 5.91 Å². The van der Waals surface area contributed by atoms with Crippen molar-refractivity contribution >= 4 is 28.9 Å². The molecule has 0 radical (unpaired) electrons. The number of aromatic nitrogens is 2. The van der Waals surface area contributed by atoms with Gasteiger partial charge in [-0.15, -0.1) is 0 Å². The maximum Gasteiger partial charge on any atom is 0.255 e. The Labute approximate surface area is 159 Å². The van der Waals surface area contributed by atoms with Gasteiger partial charge in [-0.1, -0.05) is 17.7 Å². The van der Waals surface area contributed by atoms with Crippen molar-refractivity contribution in [1.82, 2.24) is 9.97 Å². The van der Waals surface area contributed by atoms with Gasteiger partial charge in [-0.25, -0.2) is 9.97 Å². The zero-order valence-electron chi connectivity index (χ0n) is 15.7. The quantitative estimate of drug-likeness (QED) is 0.601. The van der Waals surface area contributed by atoms with Crippen LogP contribution in [0.4, 0.5) is 23.0 Å². The number of anilines is 4. The third kappa shape index (κ3) is 5.04. The number of benzene rings is 2. The Morgan fingerprint density at radius 2 is 1.52 bits per heavy atom. The standard InChI is InChI=1S/C21H23N5O/c1-4-22-19-13-20(24-15(3)23-19)25-17-9-11-18(12-10-17)26-21(27)16-7-5-14(2)6-8-16/h5-13H,4H2,1-3H3,(H,26,27)(H2,22,23,24,25). The second-order valence-corrected chi connectivity index (χ2v) is 6.24. The summed E-state index contributed by atoms with van der Waals surface area (Å²) in [4.78, 5) is 21.0. The highest BCUT2D eigenvalue weighted by molar-refractivity contribution is 6.04. The molecular weight excluding hydrogens is 338 g/mol. The van der Waals surface area contributed by atoms with E-state index in [0.717, 1.165) is 35.1 Å². The average Bonchev–Trinajstić information content (AvgIpc) is 2.64. The van der Waals surface area contributed by atoms with E-state index in [0.29, 0.717) is 11.4 Å². The third-order valence-corrected chi connectivity index (χ3v) is 3.92. The maximum absolute atomic E-state index is 12.3. The molecule has 0 unspecified atom stereocenters. The Morgan fingerprint density at radius 1 is 0.889 bits per heavy atom. The van der Waals surface area contributed by atoms with Crippen molar-refractivity contribution in [2.24, 2.45) is 0 Å². The number of rotatable bonds is 6. The van der Waals surface area contributed by atoms with E-state index in [4.69, 9.17) is 0 Å². The van der Waals surface area contributed by atoms with Crippen molar-refractivity contribution in [1.29, 1.82) is 0 Å². The van der Waals surface area contributed by atoms with Crippen molar-refractivity contribution in [3.63, 3.8) is 0 Å². The highest BCUT2D eigenvalue weighted by Gasteiger charge is 2.06. The Balaban J connectivity index is 1.67. The Morgan fingerprint density at radius 3 is 2.19 bits per heavy atom. The Kier molecular flexibility index (Phi) is 5.66. The molecule has 3 aromatic rings. The van der Waals surface area contributed by atoms with Crippen molar-refractivity contribution in [3.05, 3.63) is 71.5 Å². The summed E-state index contributed by atoms with van der Waals surface area (Å²) in [6, 6.07) is 16.9. The van der Waals surface area contributed by atoms with E-state index in [-0.39, 0.29) is 5.91 Å². The van der Waals surface area contributed by atoms with Gasteiger partial charge in [-0.2, -0.15) is 0 Å². The lowest BCUT2D eigenvalue weighted by Crippen LogP contribution is -2.11. The van der Waals surface area contributed by atoms with Crippen LogP contribution >= 0.6 is 0 Å². The molecule has 0 aliphatic rings. The molecule has 1 amide bonds. The number of amides is 1. The predicted molar refractivity (Wildman–Crippen MR) is 110 cm³/mol. The van der Waals surface area contributed by atoms with Gasteiger partial charge < -0.3 is 16.0 Å². The number of hydrogen-bond donors (Lipinski definition) is 3. The molecule has 6 nitrogen and oxygen atoms in total. The van der Waals surface area contributed by atoms with Crippen LogP contribution in [-0.2, 0) is 0 Å². The molecule has 6 heteroatoms. The van der Waals surface area contributed by atoms with E-state index in [1.807, 2.05) is 75.4 Å². The molecule has 0 atom stereocenters. The summed E-state index contributed by atoms with van der Waals surface area (Å²) in [6.45, 7) is 6.67. The molecule has 27 heavy (non-hydrogen) atoms.